The number of anilines is 1. The number of hydrogen-bond acceptors (Lipinski definition) is 5. The first-order valence-electron chi connectivity index (χ1n) is 7.91. The smallest absolute Gasteiger partial charge is 0.164 e. The number of quaternary nitrogens is 1. The summed E-state index contributed by atoms with van der Waals surface area (Å²) in [5, 5.41) is 31.5. The van der Waals surface area contributed by atoms with E-state index in [0.717, 1.165) is 5.56 Å². The van der Waals surface area contributed by atoms with Gasteiger partial charge in [-0.2, -0.15) is 0 Å². The molecule has 0 radical (unpaired) electrons. The van der Waals surface area contributed by atoms with Crippen LogP contribution in [0.2, 0.25) is 0 Å². The number of nitrogens with two attached hydrogens (primary N) is 1. The summed E-state index contributed by atoms with van der Waals surface area (Å²) < 4.78 is 5.76. The molecule has 6 nitrogen and oxygen atoms in total. The summed E-state index contributed by atoms with van der Waals surface area (Å²) in [5.74, 6) is -1.81. The summed E-state index contributed by atoms with van der Waals surface area (Å²) in [4.78, 5) is 0. The summed E-state index contributed by atoms with van der Waals surface area (Å²) in [6.07, 6.45) is -0.616. The molecule has 0 bridgehead atoms. The second kappa shape index (κ2) is 6.51. The predicted octanol–water partition coefficient (Wildman–Crippen LogP) is 1.36. The highest BCUT2D eigenvalue weighted by molar-refractivity contribution is 5.48. The van der Waals surface area contributed by atoms with Crippen LogP contribution in [0.1, 0.15) is 36.5 Å². The monoisotopic (exact) mass is 330 g/mol. The molecule has 128 valence electrons. The molecule has 2 aromatic rings. The van der Waals surface area contributed by atoms with Crippen LogP contribution in [-0.2, 0) is 4.74 Å². The van der Waals surface area contributed by atoms with E-state index in [0.29, 0.717) is 11.3 Å². The topological polar surface area (TPSA) is 103 Å². The van der Waals surface area contributed by atoms with E-state index < -0.39 is 23.2 Å². The molecular formula is C18H22N2O4. The molecule has 6 heteroatoms. The average Bonchev–Trinajstić information content (AvgIpc) is 2.54. The highest BCUT2D eigenvalue weighted by Crippen LogP contribution is 2.44. The zero-order valence-corrected chi connectivity index (χ0v) is 13.4. The quantitative estimate of drug-likeness (QED) is 0.503. The Hall–Kier alpha value is -1.96. The summed E-state index contributed by atoms with van der Waals surface area (Å²) in [5.41, 5.74) is 7.95. The van der Waals surface area contributed by atoms with Crippen LogP contribution in [0.25, 0.3) is 0 Å². The third-order valence-electron chi connectivity index (χ3n) is 4.55. The van der Waals surface area contributed by atoms with Gasteiger partial charge in [-0.1, -0.05) is 48.5 Å². The summed E-state index contributed by atoms with van der Waals surface area (Å²) >= 11 is 0. The van der Waals surface area contributed by atoms with Gasteiger partial charge in [0.2, 0.25) is 0 Å². The standard InChI is InChI=1S/C18H22N2O4/c1-18(21)11-14(12-7-3-2-4-8-12)16(20(22)23)17(24-18)13-9-5-6-10-15(13)19/h2-10,14,16-17,20-22H,11,19H2,1H3. The highest BCUT2D eigenvalue weighted by Gasteiger charge is 2.49. The Morgan fingerprint density at radius 3 is 2.42 bits per heavy atom. The second-order valence-corrected chi connectivity index (χ2v) is 6.43. The number of aliphatic hydroxyl groups is 1. The van der Waals surface area contributed by atoms with Crippen molar-refractivity contribution in [2.24, 2.45) is 0 Å². The van der Waals surface area contributed by atoms with Gasteiger partial charge in [0.05, 0.1) is 0 Å². The van der Waals surface area contributed by atoms with Crippen LogP contribution in [-0.4, -0.2) is 22.1 Å². The Morgan fingerprint density at radius 1 is 1.17 bits per heavy atom. The van der Waals surface area contributed by atoms with Gasteiger partial charge in [-0.05, 0) is 18.6 Å². The fourth-order valence-corrected chi connectivity index (χ4v) is 3.49. The maximum atomic E-state index is 12.0. The Morgan fingerprint density at radius 2 is 1.79 bits per heavy atom. The molecule has 0 spiro atoms. The van der Waals surface area contributed by atoms with Gasteiger partial charge in [-0.25, -0.2) is 10.4 Å². The molecule has 0 aliphatic carbocycles. The van der Waals surface area contributed by atoms with Crippen molar-refractivity contribution in [1.82, 2.24) is 0 Å². The number of para-hydroxylation sites is 1. The van der Waals surface area contributed by atoms with Crippen molar-refractivity contribution < 1.29 is 20.3 Å². The lowest BCUT2D eigenvalue weighted by molar-refractivity contribution is -1.07. The molecule has 5 atom stereocenters. The van der Waals surface area contributed by atoms with Crippen LogP contribution in [0.4, 0.5) is 5.69 Å². The van der Waals surface area contributed by atoms with E-state index in [4.69, 9.17) is 10.5 Å². The lowest BCUT2D eigenvalue weighted by Crippen LogP contribution is -3.10. The molecule has 1 aliphatic rings. The molecule has 5 N–H and O–H groups in total. The third kappa shape index (κ3) is 3.28. The average molecular weight is 330 g/mol. The number of hydroxylamine groups is 2. The molecule has 5 unspecified atom stereocenters. The minimum atomic E-state index is -1.43. The Labute approximate surface area is 140 Å². The van der Waals surface area contributed by atoms with Gasteiger partial charge >= 0.3 is 0 Å². The lowest BCUT2D eigenvalue weighted by Gasteiger charge is -2.46. The van der Waals surface area contributed by atoms with Crippen molar-refractivity contribution in [2.45, 2.75) is 37.2 Å². The molecule has 0 aromatic heterocycles. The molecule has 0 saturated carbocycles. The van der Waals surface area contributed by atoms with Gasteiger partial charge in [0.15, 0.2) is 11.8 Å². The molecule has 1 heterocycles. The first kappa shape index (κ1) is 16.9. The van der Waals surface area contributed by atoms with E-state index in [9.17, 15) is 15.5 Å². The van der Waals surface area contributed by atoms with E-state index >= 15 is 0 Å². The van der Waals surface area contributed by atoms with Crippen molar-refractivity contribution in [2.75, 3.05) is 5.73 Å². The van der Waals surface area contributed by atoms with E-state index in [1.807, 2.05) is 30.3 Å². The Bertz CT molecular complexity index is 690. The lowest BCUT2D eigenvalue weighted by atomic mass is 9.79. The second-order valence-electron chi connectivity index (χ2n) is 6.43. The summed E-state index contributed by atoms with van der Waals surface area (Å²) in [6, 6.07) is 15.6. The van der Waals surface area contributed by atoms with Crippen LogP contribution in [0.15, 0.2) is 54.6 Å². The summed E-state index contributed by atoms with van der Waals surface area (Å²) in [7, 11) is 0. The van der Waals surface area contributed by atoms with Gasteiger partial charge in [0.1, 0.15) is 6.10 Å². The maximum Gasteiger partial charge on any atom is 0.164 e. The molecule has 1 saturated heterocycles. The van der Waals surface area contributed by atoms with Crippen LogP contribution in [0.3, 0.4) is 0 Å². The molecule has 2 aromatic carbocycles. The van der Waals surface area contributed by atoms with Crippen molar-refractivity contribution in [1.29, 1.82) is 0 Å². The van der Waals surface area contributed by atoms with E-state index in [1.165, 1.54) is 0 Å². The van der Waals surface area contributed by atoms with Gasteiger partial charge in [0.25, 0.3) is 0 Å². The molecule has 3 rings (SSSR count). The Kier molecular flexibility index (Phi) is 4.58. The van der Waals surface area contributed by atoms with Crippen molar-refractivity contribution >= 4 is 5.69 Å². The summed E-state index contributed by atoms with van der Waals surface area (Å²) in [6.45, 7) is 1.56. The number of ether oxygens (including phenoxy) is 1. The maximum absolute atomic E-state index is 12.0. The van der Waals surface area contributed by atoms with Gasteiger partial charge in [-0.3, -0.25) is 0 Å². The minimum Gasteiger partial charge on any atom is -0.600 e. The van der Waals surface area contributed by atoms with Crippen LogP contribution in [0.5, 0.6) is 0 Å². The van der Waals surface area contributed by atoms with E-state index in [1.54, 1.807) is 31.2 Å². The number of benzene rings is 2. The third-order valence-corrected chi connectivity index (χ3v) is 4.55. The number of hydrogen-bond donors (Lipinski definition) is 4. The highest BCUT2D eigenvalue weighted by atomic mass is 16.8. The zero-order chi connectivity index (χ0) is 17.3. The molecule has 24 heavy (non-hydrogen) atoms. The van der Waals surface area contributed by atoms with Gasteiger partial charge in [-0.15, -0.1) is 0 Å². The zero-order valence-electron chi connectivity index (χ0n) is 13.4. The fraction of sp³-hybridized carbons (Fsp3) is 0.333. The van der Waals surface area contributed by atoms with Gasteiger partial charge < -0.3 is 20.8 Å². The Balaban J connectivity index is 2.08. The van der Waals surface area contributed by atoms with E-state index in [2.05, 4.69) is 0 Å². The molecule has 1 fully saturated rings. The SMILES string of the molecule is CC1(O)CC(c2ccccc2)C([NH+]([O-])O)C(c2ccccc2N)O1. The first-order chi connectivity index (χ1) is 11.4. The molecular weight excluding hydrogens is 308 g/mol. The number of nitrogen functional groups attached to an aromatic ring is 1. The van der Waals surface area contributed by atoms with E-state index in [-0.39, 0.29) is 12.3 Å². The van der Waals surface area contributed by atoms with Crippen molar-refractivity contribution in [3.05, 3.63) is 70.9 Å². The largest absolute Gasteiger partial charge is 0.600 e. The molecule has 0 amide bonds. The molecule has 1 aliphatic heterocycles. The van der Waals surface area contributed by atoms with Gasteiger partial charge in [0, 0.05) is 23.6 Å². The van der Waals surface area contributed by atoms with Crippen LogP contribution in [0, 0.1) is 5.21 Å². The minimum absolute atomic E-state index is 0.206. The normalized spacial score (nSPS) is 31.6. The van der Waals surface area contributed by atoms with Crippen LogP contribution < -0.4 is 11.0 Å². The fourth-order valence-electron chi connectivity index (χ4n) is 3.49. The van der Waals surface area contributed by atoms with Crippen molar-refractivity contribution in [3.63, 3.8) is 0 Å². The number of nitrogens with one attached hydrogen (secondary N) is 1. The van der Waals surface area contributed by atoms with Crippen molar-refractivity contribution in [3.8, 4) is 0 Å². The predicted molar refractivity (Wildman–Crippen MR) is 89.0 cm³/mol. The number of rotatable bonds is 3. The first-order valence-corrected chi connectivity index (χ1v) is 7.91. The van der Waals surface area contributed by atoms with Crippen LogP contribution >= 0.6 is 0 Å².